The predicted molar refractivity (Wildman–Crippen MR) is 91.8 cm³/mol. The fraction of sp³-hybridized carbons (Fsp3) is 0.562. The second-order valence-electron chi connectivity index (χ2n) is 6.75. The summed E-state index contributed by atoms with van der Waals surface area (Å²) in [4.78, 5) is 29.3. The third-order valence-corrected chi connectivity index (χ3v) is 6.67. The molecule has 3 rings (SSSR count). The van der Waals surface area contributed by atoms with E-state index in [9.17, 15) is 23.1 Å². The summed E-state index contributed by atoms with van der Waals surface area (Å²) in [7, 11) is -3.67. The molecule has 142 valence electrons. The Labute approximate surface area is 151 Å². The van der Waals surface area contributed by atoms with E-state index in [4.69, 9.17) is 0 Å². The third-order valence-electron chi connectivity index (χ3n) is 5.22. The van der Waals surface area contributed by atoms with Crippen LogP contribution < -0.4 is 10.0 Å². The molecule has 1 saturated heterocycles. The van der Waals surface area contributed by atoms with E-state index < -0.39 is 21.4 Å². The van der Waals surface area contributed by atoms with Crippen molar-refractivity contribution in [3.63, 3.8) is 0 Å². The molecule has 9 nitrogen and oxygen atoms in total. The minimum absolute atomic E-state index is 0.00478. The molecule has 1 saturated carbocycles. The lowest BCUT2D eigenvalue weighted by Gasteiger charge is -2.23. The number of urea groups is 1. The van der Waals surface area contributed by atoms with Gasteiger partial charge >= 0.3 is 12.0 Å². The number of fused-ring (bicyclic) bond motifs is 1. The summed E-state index contributed by atoms with van der Waals surface area (Å²) in [6.07, 6.45) is 5.02. The highest BCUT2D eigenvalue weighted by Crippen LogP contribution is 2.48. The molecule has 2 aliphatic rings. The van der Waals surface area contributed by atoms with E-state index in [1.165, 1.54) is 29.4 Å². The van der Waals surface area contributed by atoms with Gasteiger partial charge in [0.05, 0.1) is 5.41 Å². The van der Waals surface area contributed by atoms with Crippen LogP contribution in [0.4, 0.5) is 4.79 Å². The Morgan fingerprint density at radius 3 is 2.85 bits per heavy atom. The number of nitrogens with one attached hydrogen (secondary N) is 2. The minimum Gasteiger partial charge on any atom is -0.481 e. The number of likely N-dealkylation sites (tertiary alicyclic amines) is 1. The number of aromatic nitrogens is 1. The summed E-state index contributed by atoms with van der Waals surface area (Å²) in [6.45, 7) is 0.781. The lowest BCUT2D eigenvalue weighted by molar-refractivity contribution is -0.149. The molecule has 3 N–H and O–H groups in total. The molecule has 1 aromatic heterocycles. The van der Waals surface area contributed by atoms with E-state index >= 15 is 0 Å². The highest BCUT2D eigenvalue weighted by molar-refractivity contribution is 7.89. The molecule has 2 amide bonds. The van der Waals surface area contributed by atoms with Gasteiger partial charge < -0.3 is 15.3 Å². The molecule has 0 spiro atoms. The van der Waals surface area contributed by atoms with E-state index in [0.717, 1.165) is 12.8 Å². The normalized spacial score (nSPS) is 25.1. The number of nitrogens with zero attached hydrogens (tertiary/aromatic N) is 2. The molecule has 1 aromatic rings. The SMILES string of the molecule is O=C(NCCNS(=O)(=O)c1cccnc1)N1C[C@@H]2CCC[C@@]2(C(=O)O)C1. The van der Waals surface area contributed by atoms with Crippen LogP contribution in [0.25, 0.3) is 0 Å². The summed E-state index contributed by atoms with van der Waals surface area (Å²) < 4.78 is 26.5. The van der Waals surface area contributed by atoms with Gasteiger partial charge in [0.2, 0.25) is 10.0 Å². The van der Waals surface area contributed by atoms with Gasteiger partial charge in [-0.1, -0.05) is 6.42 Å². The molecular formula is C16H22N4O5S. The molecule has 2 fully saturated rings. The maximum atomic E-state index is 12.3. The van der Waals surface area contributed by atoms with Crippen molar-refractivity contribution >= 4 is 22.0 Å². The zero-order valence-corrected chi connectivity index (χ0v) is 15.0. The monoisotopic (exact) mass is 382 g/mol. The third kappa shape index (κ3) is 3.51. The molecule has 2 heterocycles. The number of sulfonamides is 1. The van der Waals surface area contributed by atoms with Crippen LogP contribution in [0.5, 0.6) is 0 Å². The maximum Gasteiger partial charge on any atom is 0.317 e. The Hall–Kier alpha value is -2.20. The zero-order chi connectivity index (χ0) is 18.8. The summed E-state index contributed by atoms with van der Waals surface area (Å²) in [5, 5.41) is 12.2. The average molecular weight is 382 g/mol. The topological polar surface area (TPSA) is 129 Å². The number of rotatable bonds is 6. The Morgan fingerprint density at radius 1 is 1.38 bits per heavy atom. The molecule has 0 aromatic carbocycles. The summed E-state index contributed by atoms with van der Waals surface area (Å²) in [5.74, 6) is -0.839. The Kier molecular flexibility index (Phi) is 5.15. The molecule has 10 heteroatoms. The van der Waals surface area contributed by atoms with Gasteiger partial charge in [0.25, 0.3) is 0 Å². The fourth-order valence-electron chi connectivity index (χ4n) is 3.85. The number of hydrogen-bond acceptors (Lipinski definition) is 5. The first-order valence-electron chi connectivity index (χ1n) is 8.51. The van der Waals surface area contributed by atoms with E-state index in [0.29, 0.717) is 13.0 Å². The molecule has 0 bridgehead atoms. The molecule has 2 atom stereocenters. The van der Waals surface area contributed by atoms with E-state index in [2.05, 4.69) is 15.0 Å². The summed E-state index contributed by atoms with van der Waals surface area (Å²) in [6, 6.07) is 2.60. The first kappa shape index (κ1) is 18.6. The van der Waals surface area contributed by atoms with Crippen LogP contribution in [0.1, 0.15) is 19.3 Å². The van der Waals surface area contributed by atoms with Crippen LogP contribution in [-0.2, 0) is 14.8 Å². The van der Waals surface area contributed by atoms with E-state index in [1.54, 1.807) is 0 Å². The van der Waals surface area contributed by atoms with Gasteiger partial charge in [-0.25, -0.2) is 17.9 Å². The van der Waals surface area contributed by atoms with Crippen LogP contribution >= 0.6 is 0 Å². The Bertz CT molecular complexity index is 785. The summed E-state index contributed by atoms with van der Waals surface area (Å²) in [5.41, 5.74) is -0.820. The number of hydrogen-bond donors (Lipinski definition) is 3. The molecule has 1 aliphatic carbocycles. The lowest BCUT2D eigenvalue weighted by atomic mass is 9.81. The van der Waals surface area contributed by atoms with Crippen molar-refractivity contribution in [2.75, 3.05) is 26.2 Å². The molecule has 0 radical (unpaired) electrons. The highest BCUT2D eigenvalue weighted by atomic mass is 32.2. The quantitative estimate of drug-likeness (QED) is 0.605. The number of carboxylic acids is 1. The molecule has 26 heavy (non-hydrogen) atoms. The van der Waals surface area contributed by atoms with Crippen molar-refractivity contribution in [1.29, 1.82) is 0 Å². The van der Waals surface area contributed by atoms with Gasteiger partial charge in [0.15, 0.2) is 0 Å². The number of carbonyl (C=O) groups is 2. The van der Waals surface area contributed by atoms with E-state index in [-0.39, 0.29) is 36.5 Å². The number of amides is 2. The second-order valence-corrected chi connectivity index (χ2v) is 8.52. The van der Waals surface area contributed by atoms with Crippen LogP contribution in [0.2, 0.25) is 0 Å². The highest BCUT2D eigenvalue weighted by Gasteiger charge is 2.55. The number of aliphatic carboxylic acids is 1. The molecular weight excluding hydrogens is 360 g/mol. The first-order chi connectivity index (χ1) is 12.3. The van der Waals surface area contributed by atoms with Gasteiger partial charge in [-0.2, -0.15) is 0 Å². The van der Waals surface area contributed by atoms with Crippen molar-refractivity contribution in [1.82, 2.24) is 19.9 Å². The average Bonchev–Trinajstić information content (AvgIpc) is 3.18. The fourth-order valence-corrected chi connectivity index (χ4v) is 4.84. The van der Waals surface area contributed by atoms with E-state index in [1.807, 2.05) is 0 Å². The van der Waals surface area contributed by atoms with Crippen molar-refractivity contribution in [3.05, 3.63) is 24.5 Å². The van der Waals surface area contributed by atoms with Crippen LogP contribution in [0, 0.1) is 11.3 Å². The Morgan fingerprint density at radius 2 is 2.19 bits per heavy atom. The number of carbonyl (C=O) groups excluding carboxylic acids is 1. The second kappa shape index (κ2) is 7.20. The lowest BCUT2D eigenvalue weighted by Crippen LogP contribution is -2.43. The van der Waals surface area contributed by atoms with Crippen LogP contribution in [0.15, 0.2) is 29.4 Å². The van der Waals surface area contributed by atoms with Crippen LogP contribution in [0.3, 0.4) is 0 Å². The number of carboxylic acid groups (broad SMARTS) is 1. The largest absolute Gasteiger partial charge is 0.481 e. The van der Waals surface area contributed by atoms with Gasteiger partial charge in [-0.3, -0.25) is 9.78 Å². The van der Waals surface area contributed by atoms with Gasteiger partial charge in [-0.05, 0) is 30.9 Å². The van der Waals surface area contributed by atoms with Gasteiger partial charge in [0.1, 0.15) is 4.90 Å². The van der Waals surface area contributed by atoms with Gasteiger partial charge in [-0.15, -0.1) is 0 Å². The molecule has 1 aliphatic heterocycles. The predicted octanol–water partition coefficient (Wildman–Crippen LogP) is 0.256. The summed E-state index contributed by atoms with van der Waals surface area (Å²) >= 11 is 0. The van der Waals surface area contributed by atoms with Crippen molar-refractivity contribution in [2.24, 2.45) is 11.3 Å². The number of pyridine rings is 1. The minimum atomic E-state index is -3.67. The maximum absolute atomic E-state index is 12.3. The van der Waals surface area contributed by atoms with Crippen molar-refractivity contribution in [3.8, 4) is 0 Å². The standard InChI is InChI=1S/C16H22N4O5S/c21-14(22)16-5-1-3-12(16)10-20(11-16)15(23)18-7-8-19-26(24,25)13-4-2-6-17-9-13/h2,4,6,9,12,19H,1,3,5,7-8,10-11H2,(H,18,23)(H,21,22)/t12-,16+/m0/s1. The van der Waals surface area contributed by atoms with Crippen molar-refractivity contribution < 1.29 is 23.1 Å². The Balaban J connectivity index is 1.48. The van der Waals surface area contributed by atoms with Crippen LogP contribution in [-0.4, -0.2) is 61.6 Å². The van der Waals surface area contributed by atoms with Gasteiger partial charge in [0, 0.05) is 38.6 Å². The zero-order valence-electron chi connectivity index (χ0n) is 14.2. The molecule has 0 unspecified atom stereocenters. The van der Waals surface area contributed by atoms with Crippen molar-refractivity contribution in [2.45, 2.75) is 24.2 Å². The first-order valence-corrected chi connectivity index (χ1v) is 9.99. The smallest absolute Gasteiger partial charge is 0.317 e.